The number of amides is 6. The van der Waals surface area contributed by atoms with Crippen LogP contribution in [-0.2, 0) is 33.5 Å². The Morgan fingerprint density at radius 1 is 0.755 bits per heavy atom. The number of rotatable bonds is 28. The van der Waals surface area contributed by atoms with E-state index < -0.39 is 17.6 Å². The molecule has 308 valence electrons. The molecule has 0 aromatic carbocycles. The van der Waals surface area contributed by atoms with Crippen molar-refractivity contribution in [3.05, 3.63) is 12.2 Å². The minimum atomic E-state index is -0.821. The first-order valence-corrected chi connectivity index (χ1v) is 20.0. The Bertz CT molecular complexity index is 1070. The number of aliphatic hydroxyl groups is 1. The van der Waals surface area contributed by atoms with Crippen molar-refractivity contribution in [1.29, 1.82) is 0 Å². The van der Waals surface area contributed by atoms with Crippen LogP contribution in [-0.4, -0.2) is 88.9 Å². The van der Waals surface area contributed by atoms with E-state index in [-0.39, 0.29) is 48.1 Å². The lowest BCUT2D eigenvalue weighted by Crippen LogP contribution is -2.44. The molecule has 1 aliphatic heterocycles. The van der Waals surface area contributed by atoms with Crippen LogP contribution in [0, 0.1) is 0 Å². The quantitative estimate of drug-likeness (QED) is 0.0520. The van der Waals surface area contributed by atoms with Gasteiger partial charge in [-0.05, 0) is 66.2 Å². The number of ether oxygens (including phenoxy) is 1. The molecule has 13 heteroatoms. The van der Waals surface area contributed by atoms with Gasteiger partial charge in [-0.15, -0.1) is 0 Å². The molecule has 6 N–H and O–H groups in total. The lowest BCUT2D eigenvalue weighted by atomic mass is 10.1. The highest BCUT2D eigenvalue weighted by atomic mass is 16.5. The molecule has 0 radical (unpaired) electrons. The Hall–Kier alpha value is -3.32. The van der Waals surface area contributed by atoms with Gasteiger partial charge in [0.05, 0.1) is 17.8 Å². The molecule has 1 unspecified atom stereocenters. The standard InChI is InChI=1S/C26H51N3O4.C12H18N2O4.C2H6/c1-5-7-8-9-10-11-12-13-14-18-24(31)29-22(25(27)32)17-15-16-20-28-23(30)19-21-33-26(3,4)6-2;1-12(2,18)6-7-13-9(15)5-8-14-10(16)3-4-11(14)17;1-2/h22H,5-21H2,1-4H3,(H2,27,32)(H,28,30)(H,29,31);3-4,18H,5-8H2,1-2H3,(H,13,15);1-2H3. The Balaban J connectivity index is 0. The number of nitrogens with one attached hydrogen (secondary N) is 3. The molecule has 0 aliphatic carbocycles. The summed E-state index contributed by atoms with van der Waals surface area (Å²) in [6.45, 7) is 17.0. The van der Waals surface area contributed by atoms with Crippen molar-refractivity contribution < 1.29 is 38.6 Å². The summed E-state index contributed by atoms with van der Waals surface area (Å²) in [4.78, 5) is 70.5. The van der Waals surface area contributed by atoms with E-state index >= 15 is 0 Å². The van der Waals surface area contributed by atoms with Crippen LogP contribution in [0.4, 0.5) is 0 Å². The number of nitrogens with zero attached hydrogens (tertiary/aromatic N) is 1. The fourth-order valence-corrected chi connectivity index (χ4v) is 4.92. The van der Waals surface area contributed by atoms with E-state index in [2.05, 4.69) is 29.8 Å². The third-order valence-electron chi connectivity index (χ3n) is 8.62. The molecule has 0 fully saturated rings. The van der Waals surface area contributed by atoms with Gasteiger partial charge in [-0.1, -0.05) is 79.1 Å². The Labute approximate surface area is 320 Å². The van der Waals surface area contributed by atoms with Gasteiger partial charge >= 0.3 is 0 Å². The van der Waals surface area contributed by atoms with Crippen LogP contribution in [0.25, 0.3) is 0 Å². The van der Waals surface area contributed by atoms with Crippen molar-refractivity contribution in [3.8, 4) is 0 Å². The Morgan fingerprint density at radius 3 is 1.81 bits per heavy atom. The van der Waals surface area contributed by atoms with Crippen LogP contribution >= 0.6 is 0 Å². The zero-order valence-electron chi connectivity index (χ0n) is 34.4. The molecule has 0 bridgehead atoms. The Kier molecular flexibility index (Phi) is 30.4. The minimum Gasteiger partial charge on any atom is -0.390 e. The SMILES string of the molecule is CC.CC(C)(O)CCNC(=O)CCN1C(=O)C=CC1=O.CCCCCCCCCCCC(=O)NC(CCCCNC(=O)CCOC(C)(C)CC)C(N)=O. The third-order valence-corrected chi connectivity index (χ3v) is 8.62. The summed E-state index contributed by atoms with van der Waals surface area (Å²) >= 11 is 0. The molecule has 1 atom stereocenters. The molecule has 1 heterocycles. The van der Waals surface area contributed by atoms with Crippen molar-refractivity contribution in [1.82, 2.24) is 20.9 Å². The highest BCUT2D eigenvalue weighted by Gasteiger charge is 2.24. The fraction of sp³-hybridized carbons (Fsp3) is 0.800. The van der Waals surface area contributed by atoms with E-state index in [1.807, 2.05) is 27.7 Å². The summed E-state index contributed by atoms with van der Waals surface area (Å²) in [5.74, 6) is -1.66. The smallest absolute Gasteiger partial charge is 0.253 e. The molecular formula is C40H75N5O8. The molecule has 13 nitrogen and oxygen atoms in total. The van der Waals surface area contributed by atoms with Gasteiger partial charge in [0.1, 0.15) is 6.04 Å². The second-order valence-corrected chi connectivity index (χ2v) is 14.5. The number of imide groups is 1. The number of carbonyl (C=O) groups excluding carboxylic acids is 6. The summed E-state index contributed by atoms with van der Waals surface area (Å²) in [7, 11) is 0. The van der Waals surface area contributed by atoms with Crippen molar-refractivity contribution in [3.63, 3.8) is 0 Å². The summed E-state index contributed by atoms with van der Waals surface area (Å²) in [6.07, 6.45) is 17.3. The minimum absolute atomic E-state index is 0.0392. The first kappa shape index (κ1) is 51.8. The monoisotopic (exact) mass is 754 g/mol. The first-order valence-electron chi connectivity index (χ1n) is 20.0. The summed E-state index contributed by atoms with van der Waals surface area (Å²) in [6, 6.07) is -0.642. The van der Waals surface area contributed by atoms with E-state index in [0.717, 1.165) is 37.0 Å². The predicted octanol–water partition coefficient (Wildman–Crippen LogP) is 5.36. The van der Waals surface area contributed by atoms with E-state index in [4.69, 9.17) is 10.5 Å². The molecule has 0 spiro atoms. The van der Waals surface area contributed by atoms with Gasteiger partial charge < -0.3 is 31.5 Å². The van der Waals surface area contributed by atoms with Crippen LogP contribution in [0.15, 0.2) is 12.2 Å². The average Bonchev–Trinajstić information content (AvgIpc) is 3.42. The number of hydrogen-bond donors (Lipinski definition) is 5. The first-order chi connectivity index (χ1) is 25.0. The number of primary amides is 1. The van der Waals surface area contributed by atoms with E-state index in [9.17, 15) is 33.9 Å². The van der Waals surface area contributed by atoms with E-state index in [1.165, 1.54) is 50.7 Å². The molecule has 6 amide bonds. The maximum absolute atomic E-state index is 12.1. The van der Waals surface area contributed by atoms with Crippen LogP contribution < -0.4 is 21.7 Å². The zero-order chi connectivity index (χ0) is 40.7. The normalized spacial score (nSPS) is 13.0. The van der Waals surface area contributed by atoms with Gasteiger partial charge in [-0.2, -0.15) is 0 Å². The second kappa shape index (κ2) is 31.1. The topological polar surface area (TPSA) is 197 Å². The number of carbonyl (C=O) groups is 6. The number of hydrogen-bond acceptors (Lipinski definition) is 8. The summed E-state index contributed by atoms with van der Waals surface area (Å²) in [5, 5.41) is 17.7. The number of unbranched alkanes of at least 4 members (excludes halogenated alkanes) is 9. The zero-order valence-corrected chi connectivity index (χ0v) is 34.4. The summed E-state index contributed by atoms with van der Waals surface area (Å²) in [5.41, 5.74) is 4.43. The van der Waals surface area contributed by atoms with Crippen molar-refractivity contribution >= 4 is 35.4 Å². The van der Waals surface area contributed by atoms with Crippen molar-refractivity contribution in [2.45, 2.75) is 182 Å². The molecule has 0 saturated heterocycles. The largest absolute Gasteiger partial charge is 0.390 e. The van der Waals surface area contributed by atoms with Gasteiger partial charge in [0.2, 0.25) is 23.6 Å². The second-order valence-electron chi connectivity index (χ2n) is 14.5. The van der Waals surface area contributed by atoms with Gasteiger partial charge in [0, 0.05) is 51.0 Å². The van der Waals surface area contributed by atoms with Crippen molar-refractivity contribution in [2.24, 2.45) is 5.73 Å². The Morgan fingerprint density at radius 2 is 1.28 bits per heavy atom. The highest BCUT2D eigenvalue weighted by Crippen LogP contribution is 2.14. The van der Waals surface area contributed by atoms with Crippen LogP contribution in [0.1, 0.15) is 165 Å². The van der Waals surface area contributed by atoms with Gasteiger partial charge in [-0.25, -0.2) is 0 Å². The van der Waals surface area contributed by atoms with Crippen LogP contribution in [0.5, 0.6) is 0 Å². The predicted molar refractivity (Wildman–Crippen MR) is 211 cm³/mol. The van der Waals surface area contributed by atoms with Gasteiger partial charge in [0.25, 0.3) is 11.8 Å². The van der Waals surface area contributed by atoms with Gasteiger partial charge in [0.15, 0.2) is 0 Å². The highest BCUT2D eigenvalue weighted by molar-refractivity contribution is 6.13. The fourth-order valence-electron chi connectivity index (χ4n) is 4.92. The molecular weight excluding hydrogens is 678 g/mol. The van der Waals surface area contributed by atoms with Crippen LogP contribution in [0.3, 0.4) is 0 Å². The van der Waals surface area contributed by atoms with E-state index in [0.29, 0.717) is 51.8 Å². The lowest BCUT2D eigenvalue weighted by Gasteiger charge is -2.23. The molecule has 0 aromatic heterocycles. The third kappa shape index (κ3) is 30.8. The molecule has 0 saturated carbocycles. The molecule has 1 rings (SSSR count). The maximum Gasteiger partial charge on any atom is 0.253 e. The molecule has 53 heavy (non-hydrogen) atoms. The maximum atomic E-state index is 12.1. The van der Waals surface area contributed by atoms with E-state index in [1.54, 1.807) is 13.8 Å². The molecule has 1 aliphatic rings. The lowest BCUT2D eigenvalue weighted by molar-refractivity contribution is -0.137. The summed E-state index contributed by atoms with van der Waals surface area (Å²) < 4.78 is 5.68. The van der Waals surface area contributed by atoms with Gasteiger partial charge in [-0.3, -0.25) is 33.7 Å². The molecule has 0 aromatic rings. The van der Waals surface area contributed by atoms with Crippen LogP contribution in [0.2, 0.25) is 0 Å². The van der Waals surface area contributed by atoms with Crippen molar-refractivity contribution in [2.75, 3.05) is 26.2 Å². The average molecular weight is 754 g/mol. The number of nitrogens with two attached hydrogens (primary N) is 1.